The van der Waals surface area contributed by atoms with Gasteiger partial charge in [-0.15, -0.1) is 0 Å². The summed E-state index contributed by atoms with van der Waals surface area (Å²) in [5.41, 5.74) is 0.581. The van der Waals surface area contributed by atoms with Crippen LogP contribution in [0.3, 0.4) is 0 Å². The van der Waals surface area contributed by atoms with Crippen molar-refractivity contribution in [3.63, 3.8) is 0 Å². The van der Waals surface area contributed by atoms with Crippen molar-refractivity contribution in [3.05, 3.63) is 65.7 Å². The maximum Gasteiger partial charge on any atom is 0.255 e. The predicted molar refractivity (Wildman–Crippen MR) is 101 cm³/mol. The molecule has 5 heteroatoms. The topological polar surface area (TPSA) is 70.6 Å². The standard InChI is InChI=1S/C21H26N2O3/c1-2-14-26-18-11-7-6-10-17(18)20(25)23-21(12-13-22-15-19(21)24)16-8-4-3-5-9-16/h3-11,19,22,24H,2,12-15H2,1H3,(H,23,25)/t19-,21-/m1/s1. The van der Waals surface area contributed by atoms with Gasteiger partial charge in [0.05, 0.1) is 23.8 Å². The van der Waals surface area contributed by atoms with Gasteiger partial charge in [0.25, 0.3) is 5.91 Å². The molecule has 1 amide bonds. The fraction of sp³-hybridized carbons (Fsp3) is 0.381. The predicted octanol–water partition coefficient (Wildman–Crippen LogP) is 2.45. The van der Waals surface area contributed by atoms with Gasteiger partial charge in [0.1, 0.15) is 5.75 Å². The van der Waals surface area contributed by atoms with Crippen LogP contribution in [0.5, 0.6) is 5.75 Å². The van der Waals surface area contributed by atoms with Crippen molar-refractivity contribution in [2.75, 3.05) is 19.7 Å². The van der Waals surface area contributed by atoms with Crippen LogP contribution in [-0.2, 0) is 5.54 Å². The molecule has 0 aliphatic carbocycles. The molecule has 3 rings (SSSR count). The molecule has 0 unspecified atom stereocenters. The minimum absolute atomic E-state index is 0.235. The van der Waals surface area contributed by atoms with E-state index >= 15 is 0 Å². The Bertz CT molecular complexity index is 735. The van der Waals surface area contributed by atoms with Crippen LogP contribution in [0.1, 0.15) is 35.7 Å². The number of β-amino-alcohol motifs (C(OH)–C–C–N with tert-alkyl or cyclic N) is 1. The normalized spacial score (nSPS) is 22.6. The van der Waals surface area contributed by atoms with E-state index in [-0.39, 0.29) is 5.91 Å². The maximum atomic E-state index is 13.1. The van der Waals surface area contributed by atoms with Gasteiger partial charge in [-0.25, -0.2) is 0 Å². The number of aliphatic hydroxyl groups is 1. The van der Waals surface area contributed by atoms with Gasteiger partial charge in [-0.1, -0.05) is 49.4 Å². The number of carbonyl (C=O) groups excluding carboxylic acids is 1. The summed E-state index contributed by atoms with van der Waals surface area (Å²) in [6.45, 7) is 3.74. The Morgan fingerprint density at radius 3 is 2.69 bits per heavy atom. The quantitative estimate of drug-likeness (QED) is 0.745. The summed E-state index contributed by atoms with van der Waals surface area (Å²) in [7, 11) is 0. The fourth-order valence-electron chi connectivity index (χ4n) is 3.42. The number of nitrogens with one attached hydrogen (secondary N) is 2. The lowest BCUT2D eigenvalue weighted by Crippen LogP contribution is -2.61. The highest BCUT2D eigenvalue weighted by atomic mass is 16.5. The second-order valence-corrected chi connectivity index (χ2v) is 6.61. The molecule has 0 saturated carbocycles. The van der Waals surface area contributed by atoms with Crippen molar-refractivity contribution in [2.45, 2.75) is 31.4 Å². The van der Waals surface area contributed by atoms with Crippen LogP contribution in [-0.4, -0.2) is 36.8 Å². The van der Waals surface area contributed by atoms with Crippen LogP contribution in [0, 0.1) is 0 Å². The molecular formula is C21H26N2O3. The Morgan fingerprint density at radius 2 is 1.96 bits per heavy atom. The summed E-state index contributed by atoms with van der Waals surface area (Å²) in [6, 6.07) is 16.9. The molecule has 0 aromatic heterocycles. The van der Waals surface area contributed by atoms with E-state index in [2.05, 4.69) is 10.6 Å². The number of amides is 1. The summed E-state index contributed by atoms with van der Waals surface area (Å²) in [5, 5.41) is 17.1. The van der Waals surface area contributed by atoms with E-state index in [0.717, 1.165) is 18.5 Å². The summed E-state index contributed by atoms with van der Waals surface area (Å²) in [4.78, 5) is 13.1. The van der Waals surface area contributed by atoms with E-state index in [1.54, 1.807) is 12.1 Å². The highest BCUT2D eigenvalue weighted by Gasteiger charge is 2.43. The highest BCUT2D eigenvalue weighted by Crippen LogP contribution is 2.32. The summed E-state index contributed by atoms with van der Waals surface area (Å²) in [5.74, 6) is 0.333. The van der Waals surface area contributed by atoms with E-state index < -0.39 is 11.6 Å². The number of piperidine rings is 1. The molecule has 1 heterocycles. The highest BCUT2D eigenvalue weighted by molar-refractivity contribution is 5.97. The van der Waals surface area contributed by atoms with E-state index in [4.69, 9.17) is 4.74 Å². The molecule has 26 heavy (non-hydrogen) atoms. The van der Waals surface area contributed by atoms with Crippen LogP contribution in [0.25, 0.3) is 0 Å². The van der Waals surface area contributed by atoms with E-state index in [9.17, 15) is 9.90 Å². The van der Waals surface area contributed by atoms with Gasteiger partial charge in [0, 0.05) is 6.54 Å². The Hall–Kier alpha value is -2.37. The van der Waals surface area contributed by atoms with Crippen molar-refractivity contribution in [2.24, 2.45) is 0 Å². The molecule has 0 radical (unpaired) electrons. The molecular weight excluding hydrogens is 328 g/mol. The van der Waals surface area contributed by atoms with Crippen molar-refractivity contribution < 1.29 is 14.6 Å². The van der Waals surface area contributed by atoms with E-state index in [1.165, 1.54) is 0 Å². The molecule has 0 spiro atoms. The lowest BCUT2D eigenvalue weighted by atomic mass is 9.79. The maximum absolute atomic E-state index is 13.1. The lowest BCUT2D eigenvalue weighted by Gasteiger charge is -2.43. The Morgan fingerprint density at radius 1 is 1.23 bits per heavy atom. The number of ether oxygens (including phenoxy) is 1. The van der Waals surface area contributed by atoms with Gasteiger partial charge in [0.2, 0.25) is 0 Å². The average Bonchev–Trinajstić information content (AvgIpc) is 2.69. The zero-order valence-electron chi connectivity index (χ0n) is 15.1. The van der Waals surface area contributed by atoms with Gasteiger partial charge >= 0.3 is 0 Å². The minimum Gasteiger partial charge on any atom is -0.493 e. The molecule has 1 saturated heterocycles. The third-order valence-electron chi connectivity index (χ3n) is 4.82. The second-order valence-electron chi connectivity index (χ2n) is 6.61. The van der Waals surface area contributed by atoms with E-state index in [0.29, 0.717) is 30.9 Å². The van der Waals surface area contributed by atoms with Gasteiger partial charge in [0.15, 0.2) is 0 Å². The molecule has 2 aromatic rings. The SMILES string of the molecule is CCCOc1ccccc1C(=O)N[C@@]1(c2ccccc2)CCNC[C@H]1O. The molecule has 2 atom stereocenters. The van der Waals surface area contributed by atoms with Crippen molar-refractivity contribution in [1.29, 1.82) is 0 Å². The minimum atomic E-state index is -0.818. The van der Waals surface area contributed by atoms with Gasteiger partial charge < -0.3 is 20.5 Å². The Kier molecular flexibility index (Phi) is 5.91. The van der Waals surface area contributed by atoms with Crippen LogP contribution >= 0.6 is 0 Å². The number of carbonyl (C=O) groups is 1. The number of hydrogen-bond donors (Lipinski definition) is 3. The Balaban J connectivity index is 1.92. The van der Waals surface area contributed by atoms with Crippen molar-refractivity contribution in [3.8, 4) is 5.75 Å². The zero-order valence-corrected chi connectivity index (χ0v) is 15.1. The molecule has 1 aliphatic heterocycles. The molecule has 138 valence electrons. The first-order valence-electron chi connectivity index (χ1n) is 9.16. The van der Waals surface area contributed by atoms with Crippen LogP contribution in [0.2, 0.25) is 0 Å². The monoisotopic (exact) mass is 354 g/mol. The van der Waals surface area contributed by atoms with E-state index in [1.807, 2.05) is 49.4 Å². The summed E-state index contributed by atoms with van der Waals surface area (Å²) < 4.78 is 5.73. The molecule has 3 N–H and O–H groups in total. The van der Waals surface area contributed by atoms with Crippen molar-refractivity contribution >= 4 is 5.91 Å². The molecule has 1 aliphatic rings. The molecule has 0 bridgehead atoms. The first kappa shape index (κ1) is 18.4. The number of hydrogen-bond acceptors (Lipinski definition) is 4. The molecule has 1 fully saturated rings. The van der Waals surface area contributed by atoms with Gasteiger partial charge in [-0.05, 0) is 37.1 Å². The second kappa shape index (κ2) is 8.34. The molecule has 2 aromatic carbocycles. The number of para-hydroxylation sites is 1. The largest absolute Gasteiger partial charge is 0.493 e. The van der Waals surface area contributed by atoms with Crippen LogP contribution in [0.4, 0.5) is 0 Å². The molecule has 5 nitrogen and oxygen atoms in total. The lowest BCUT2D eigenvalue weighted by molar-refractivity contribution is 0.0288. The average molecular weight is 354 g/mol. The number of aliphatic hydroxyl groups excluding tert-OH is 1. The van der Waals surface area contributed by atoms with Crippen molar-refractivity contribution in [1.82, 2.24) is 10.6 Å². The van der Waals surface area contributed by atoms with Crippen LogP contribution < -0.4 is 15.4 Å². The van der Waals surface area contributed by atoms with Crippen LogP contribution in [0.15, 0.2) is 54.6 Å². The fourth-order valence-corrected chi connectivity index (χ4v) is 3.42. The van der Waals surface area contributed by atoms with Gasteiger partial charge in [-0.2, -0.15) is 0 Å². The zero-order chi connectivity index (χ0) is 18.4. The number of benzene rings is 2. The van der Waals surface area contributed by atoms with Gasteiger partial charge in [-0.3, -0.25) is 4.79 Å². The first-order valence-corrected chi connectivity index (χ1v) is 9.16. The summed E-state index contributed by atoms with van der Waals surface area (Å²) >= 11 is 0. The first-order chi connectivity index (χ1) is 12.7. The Labute approximate surface area is 154 Å². The third kappa shape index (κ3) is 3.74. The third-order valence-corrected chi connectivity index (χ3v) is 4.82. The smallest absolute Gasteiger partial charge is 0.255 e. The number of rotatable bonds is 6. The summed E-state index contributed by atoms with van der Waals surface area (Å²) in [6.07, 6.45) is 0.766.